The molecule has 1 aromatic carbocycles. The van der Waals surface area contributed by atoms with E-state index in [4.69, 9.17) is 4.74 Å². The fourth-order valence-corrected chi connectivity index (χ4v) is 3.53. The highest BCUT2D eigenvalue weighted by Crippen LogP contribution is 2.17. The fourth-order valence-electron chi connectivity index (χ4n) is 2.84. The van der Waals surface area contributed by atoms with Crippen molar-refractivity contribution in [2.24, 2.45) is 0 Å². The number of aromatic nitrogens is 1. The van der Waals surface area contributed by atoms with E-state index in [9.17, 15) is 9.18 Å². The second-order valence-corrected chi connectivity index (χ2v) is 7.05. The third-order valence-electron chi connectivity index (χ3n) is 4.19. The Morgan fingerprint density at radius 1 is 1.24 bits per heavy atom. The molecule has 1 saturated heterocycles. The Labute approximate surface area is 151 Å². The number of carbonyl (C=O) groups excluding carboxylic acids is 1. The van der Waals surface area contributed by atoms with E-state index in [1.807, 2.05) is 4.90 Å². The van der Waals surface area contributed by atoms with Gasteiger partial charge in [0.2, 0.25) is 5.91 Å². The van der Waals surface area contributed by atoms with Crippen LogP contribution in [0.3, 0.4) is 0 Å². The van der Waals surface area contributed by atoms with Gasteiger partial charge in [-0.25, -0.2) is 9.37 Å². The largest absolute Gasteiger partial charge is 0.486 e. The summed E-state index contributed by atoms with van der Waals surface area (Å²) in [6.07, 6.45) is 0.990. The Morgan fingerprint density at radius 3 is 2.80 bits per heavy atom. The average molecular weight is 363 g/mol. The maximum atomic E-state index is 12.9. The fraction of sp³-hybridized carbons (Fsp3) is 0.444. The van der Waals surface area contributed by atoms with Crippen molar-refractivity contribution in [3.8, 4) is 5.75 Å². The molecule has 0 unspecified atom stereocenters. The van der Waals surface area contributed by atoms with Crippen molar-refractivity contribution < 1.29 is 13.9 Å². The maximum Gasteiger partial charge on any atom is 0.219 e. The molecule has 7 heteroatoms. The Morgan fingerprint density at radius 2 is 2.04 bits per heavy atom. The zero-order chi connectivity index (χ0) is 17.6. The van der Waals surface area contributed by atoms with E-state index in [0.29, 0.717) is 12.4 Å². The molecule has 25 heavy (non-hydrogen) atoms. The zero-order valence-corrected chi connectivity index (χ0v) is 15.1. The first-order chi connectivity index (χ1) is 12.1. The highest BCUT2D eigenvalue weighted by atomic mass is 32.1. The molecule has 0 N–H and O–H groups in total. The molecule has 0 radical (unpaired) electrons. The summed E-state index contributed by atoms with van der Waals surface area (Å²) in [7, 11) is 0. The monoisotopic (exact) mass is 363 g/mol. The molecule has 134 valence electrons. The first-order valence-corrected chi connectivity index (χ1v) is 9.27. The summed E-state index contributed by atoms with van der Waals surface area (Å²) in [5.74, 6) is 0.510. The normalized spacial score (nSPS) is 15.8. The molecule has 2 aromatic rings. The molecule has 0 spiro atoms. The van der Waals surface area contributed by atoms with Gasteiger partial charge in [0, 0.05) is 45.0 Å². The number of carbonyl (C=O) groups is 1. The maximum absolute atomic E-state index is 12.9. The Hall–Kier alpha value is -1.99. The number of hydrogen-bond donors (Lipinski definition) is 0. The van der Waals surface area contributed by atoms with Crippen molar-refractivity contribution in [2.45, 2.75) is 26.5 Å². The predicted molar refractivity (Wildman–Crippen MR) is 95.0 cm³/mol. The topological polar surface area (TPSA) is 45.7 Å². The van der Waals surface area contributed by atoms with Crippen molar-refractivity contribution >= 4 is 17.2 Å². The molecule has 2 heterocycles. The van der Waals surface area contributed by atoms with Crippen LogP contribution in [0.15, 0.2) is 29.6 Å². The minimum Gasteiger partial charge on any atom is -0.486 e. The Bertz CT molecular complexity index is 705. The van der Waals surface area contributed by atoms with Gasteiger partial charge in [0.1, 0.15) is 23.2 Å². The number of benzene rings is 1. The molecule has 5 nitrogen and oxygen atoms in total. The number of thiazole rings is 1. The van der Waals surface area contributed by atoms with Gasteiger partial charge < -0.3 is 9.64 Å². The average Bonchev–Trinajstić information content (AvgIpc) is 2.90. The van der Waals surface area contributed by atoms with E-state index in [1.165, 1.54) is 12.1 Å². The van der Waals surface area contributed by atoms with Gasteiger partial charge in [-0.05, 0) is 30.7 Å². The minimum atomic E-state index is -0.273. The van der Waals surface area contributed by atoms with Gasteiger partial charge >= 0.3 is 0 Å². The number of amides is 1. The van der Waals surface area contributed by atoms with Gasteiger partial charge in [-0.3, -0.25) is 9.69 Å². The van der Waals surface area contributed by atoms with Crippen LogP contribution in [0.4, 0.5) is 4.39 Å². The SMILES string of the molecule is CC(=O)N1CCCN(Cc2csc(COc3ccc(F)cc3)n2)CC1. The van der Waals surface area contributed by atoms with E-state index in [1.54, 1.807) is 30.4 Å². The summed E-state index contributed by atoms with van der Waals surface area (Å²) in [4.78, 5) is 20.4. The first-order valence-electron chi connectivity index (χ1n) is 8.39. The van der Waals surface area contributed by atoms with Crippen LogP contribution in [-0.4, -0.2) is 46.9 Å². The third kappa shape index (κ3) is 5.24. The van der Waals surface area contributed by atoms with Crippen molar-refractivity contribution in [2.75, 3.05) is 26.2 Å². The summed E-state index contributed by atoms with van der Waals surface area (Å²) in [5, 5.41) is 2.95. The first kappa shape index (κ1) is 17.8. The molecule has 0 aliphatic carbocycles. The van der Waals surface area contributed by atoms with Crippen LogP contribution in [0.5, 0.6) is 5.75 Å². The second-order valence-electron chi connectivity index (χ2n) is 6.11. The Kier molecular flexibility index (Phi) is 5.99. The lowest BCUT2D eigenvalue weighted by Gasteiger charge is -2.20. The van der Waals surface area contributed by atoms with Crippen molar-refractivity contribution in [3.05, 3.63) is 46.2 Å². The van der Waals surface area contributed by atoms with Gasteiger partial charge in [0.05, 0.1) is 5.69 Å². The van der Waals surface area contributed by atoms with Gasteiger partial charge in [-0.1, -0.05) is 0 Å². The zero-order valence-electron chi connectivity index (χ0n) is 14.3. The lowest BCUT2D eigenvalue weighted by molar-refractivity contribution is -0.128. The standard InChI is InChI=1S/C18H22FN3O2S/c1-14(23)22-8-2-7-21(9-10-22)11-16-13-25-18(20-16)12-24-17-5-3-15(19)4-6-17/h3-6,13H,2,7-12H2,1H3. The van der Waals surface area contributed by atoms with Gasteiger partial charge in [0.25, 0.3) is 0 Å². The predicted octanol–water partition coefficient (Wildman–Crippen LogP) is 2.92. The summed E-state index contributed by atoms with van der Waals surface area (Å²) >= 11 is 1.57. The molecule has 0 atom stereocenters. The van der Waals surface area contributed by atoms with Crippen LogP contribution >= 0.6 is 11.3 Å². The number of rotatable bonds is 5. The van der Waals surface area contributed by atoms with E-state index in [2.05, 4.69) is 15.3 Å². The molecule has 1 aromatic heterocycles. The molecule has 1 fully saturated rings. The van der Waals surface area contributed by atoms with Crippen LogP contribution in [0.2, 0.25) is 0 Å². The molecular formula is C18H22FN3O2S. The number of ether oxygens (including phenoxy) is 1. The highest BCUT2D eigenvalue weighted by Gasteiger charge is 2.17. The van der Waals surface area contributed by atoms with Crippen molar-refractivity contribution in [3.63, 3.8) is 0 Å². The molecule has 0 bridgehead atoms. The lowest BCUT2D eigenvalue weighted by Crippen LogP contribution is -2.33. The van der Waals surface area contributed by atoms with Crippen molar-refractivity contribution in [1.29, 1.82) is 0 Å². The van der Waals surface area contributed by atoms with Crippen LogP contribution in [0, 0.1) is 5.82 Å². The van der Waals surface area contributed by atoms with Crippen molar-refractivity contribution in [1.82, 2.24) is 14.8 Å². The third-order valence-corrected chi connectivity index (χ3v) is 5.07. The number of nitrogens with zero attached hydrogens (tertiary/aromatic N) is 3. The summed E-state index contributed by atoms with van der Waals surface area (Å²) in [5.41, 5.74) is 1.03. The van der Waals surface area contributed by atoms with Gasteiger partial charge in [0.15, 0.2) is 0 Å². The molecule has 1 aliphatic heterocycles. The summed E-state index contributed by atoms with van der Waals surface area (Å²) in [6.45, 7) is 6.26. The van der Waals surface area contributed by atoms with Crippen LogP contribution in [-0.2, 0) is 17.9 Å². The minimum absolute atomic E-state index is 0.149. The molecular weight excluding hydrogens is 341 g/mol. The lowest BCUT2D eigenvalue weighted by atomic mass is 10.3. The molecule has 3 rings (SSSR count). The quantitative estimate of drug-likeness (QED) is 0.819. The van der Waals surface area contributed by atoms with Crippen LogP contribution in [0.25, 0.3) is 0 Å². The summed E-state index contributed by atoms with van der Waals surface area (Å²) in [6, 6.07) is 5.99. The van der Waals surface area contributed by atoms with Gasteiger partial charge in [-0.2, -0.15) is 0 Å². The van der Waals surface area contributed by atoms with Crippen LogP contribution in [0.1, 0.15) is 24.0 Å². The van der Waals surface area contributed by atoms with E-state index >= 15 is 0 Å². The molecule has 1 amide bonds. The number of halogens is 1. The van der Waals surface area contributed by atoms with E-state index < -0.39 is 0 Å². The van der Waals surface area contributed by atoms with E-state index in [-0.39, 0.29) is 11.7 Å². The van der Waals surface area contributed by atoms with E-state index in [0.717, 1.165) is 49.8 Å². The number of hydrogen-bond acceptors (Lipinski definition) is 5. The molecule has 1 aliphatic rings. The highest BCUT2D eigenvalue weighted by molar-refractivity contribution is 7.09. The summed E-state index contributed by atoms with van der Waals surface area (Å²) < 4.78 is 18.5. The van der Waals surface area contributed by atoms with Gasteiger partial charge in [-0.15, -0.1) is 11.3 Å². The Balaban J connectivity index is 1.49. The molecule has 0 saturated carbocycles. The second kappa shape index (κ2) is 8.40. The smallest absolute Gasteiger partial charge is 0.219 e. The van der Waals surface area contributed by atoms with Crippen LogP contribution < -0.4 is 4.74 Å².